The molecule has 0 unspecified atom stereocenters. The second-order valence-electron chi connectivity index (χ2n) is 3.00. The molecule has 0 rings (SSSR count). The molecule has 14 heavy (non-hydrogen) atoms. The van der Waals surface area contributed by atoms with Gasteiger partial charge < -0.3 is 22.1 Å². The van der Waals surface area contributed by atoms with E-state index in [2.05, 4.69) is 23.3 Å². The van der Waals surface area contributed by atoms with Crippen LogP contribution in [0.25, 0.3) is 0 Å². The SMILES string of the molecule is CCCNCCCNCCCN.CN. The molecular weight excluding hydrogens is 176 g/mol. The zero-order valence-electron chi connectivity index (χ0n) is 9.81. The Kier molecular flexibility index (Phi) is 21.6. The van der Waals surface area contributed by atoms with Crippen molar-refractivity contribution in [3.8, 4) is 0 Å². The van der Waals surface area contributed by atoms with Crippen LogP contribution in [-0.4, -0.2) is 39.8 Å². The van der Waals surface area contributed by atoms with Crippen LogP contribution in [0.15, 0.2) is 0 Å². The first-order valence-corrected chi connectivity index (χ1v) is 5.61. The third-order valence-electron chi connectivity index (χ3n) is 1.69. The van der Waals surface area contributed by atoms with Gasteiger partial charge in [-0.05, 0) is 59.0 Å². The van der Waals surface area contributed by atoms with Crippen molar-refractivity contribution in [2.75, 3.05) is 39.8 Å². The molecule has 6 N–H and O–H groups in total. The fourth-order valence-electron chi connectivity index (χ4n) is 0.992. The molecule has 88 valence electrons. The third kappa shape index (κ3) is 17.8. The molecule has 0 spiro atoms. The van der Waals surface area contributed by atoms with Crippen LogP contribution in [-0.2, 0) is 0 Å². The smallest absolute Gasteiger partial charge is 0.00368 e. The van der Waals surface area contributed by atoms with Gasteiger partial charge in [0.25, 0.3) is 0 Å². The monoisotopic (exact) mass is 204 g/mol. The average molecular weight is 204 g/mol. The lowest BCUT2D eigenvalue weighted by Gasteiger charge is -2.04. The summed E-state index contributed by atoms with van der Waals surface area (Å²) in [6.45, 7) is 7.42. The molecule has 0 aromatic rings. The van der Waals surface area contributed by atoms with Crippen LogP contribution in [0, 0.1) is 0 Å². The van der Waals surface area contributed by atoms with Crippen LogP contribution in [0.4, 0.5) is 0 Å². The van der Waals surface area contributed by atoms with Crippen molar-refractivity contribution >= 4 is 0 Å². The van der Waals surface area contributed by atoms with Crippen LogP contribution in [0.1, 0.15) is 26.2 Å². The van der Waals surface area contributed by atoms with E-state index in [0.717, 1.165) is 39.1 Å². The van der Waals surface area contributed by atoms with Crippen LogP contribution in [0.5, 0.6) is 0 Å². The predicted molar refractivity (Wildman–Crippen MR) is 64.4 cm³/mol. The summed E-state index contributed by atoms with van der Waals surface area (Å²) in [7, 11) is 1.50. The van der Waals surface area contributed by atoms with E-state index < -0.39 is 0 Å². The minimum absolute atomic E-state index is 0.793. The van der Waals surface area contributed by atoms with Crippen molar-refractivity contribution in [1.82, 2.24) is 10.6 Å². The number of rotatable bonds is 9. The molecule has 4 heteroatoms. The molecule has 0 aromatic heterocycles. The Balaban J connectivity index is 0. The van der Waals surface area contributed by atoms with Gasteiger partial charge in [-0.15, -0.1) is 0 Å². The molecule has 0 amide bonds. The van der Waals surface area contributed by atoms with Crippen LogP contribution < -0.4 is 22.1 Å². The molecule has 0 aliphatic rings. The van der Waals surface area contributed by atoms with Crippen LogP contribution in [0.3, 0.4) is 0 Å². The molecule has 0 atom stereocenters. The first-order valence-electron chi connectivity index (χ1n) is 5.61. The summed E-state index contributed by atoms with van der Waals surface area (Å²) in [6, 6.07) is 0. The van der Waals surface area contributed by atoms with Gasteiger partial charge in [-0.3, -0.25) is 0 Å². The quantitative estimate of drug-likeness (QED) is 0.395. The van der Waals surface area contributed by atoms with Crippen molar-refractivity contribution in [1.29, 1.82) is 0 Å². The van der Waals surface area contributed by atoms with Gasteiger partial charge in [0.05, 0.1) is 0 Å². The lowest BCUT2D eigenvalue weighted by Crippen LogP contribution is -2.24. The van der Waals surface area contributed by atoms with Gasteiger partial charge in [-0.25, -0.2) is 0 Å². The Hall–Kier alpha value is -0.160. The summed E-state index contributed by atoms with van der Waals surface area (Å²) >= 11 is 0. The zero-order chi connectivity index (χ0) is 11.1. The Morgan fingerprint density at radius 1 is 0.857 bits per heavy atom. The maximum Gasteiger partial charge on any atom is -0.00368 e. The van der Waals surface area contributed by atoms with E-state index in [1.807, 2.05) is 0 Å². The highest BCUT2D eigenvalue weighted by Gasteiger charge is 1.87. The van der Waals surface area contributed by atoms with E-state index in [1.165, 1.54) is 19.9 Å². The predicted octanol–water partition coefficient (Wildman–Crippen LogP) is -0.111. The summed E-state index contributed by atoms with van der Waals surface area (Å²) in [5, 5.41) is 6.70. The second kappa shape index (κ2) is 18.6. The van der Waals surface area contributed by atoms with E-state index in [1.54, 1.807) is 0 Å². The Bertz CT molecular complexity index is 68.5. The molecule has 0 aliphatic carbocycles. The Morgan fingerprint density at radius 2 is 1.36 bits per heavy atom. The van der Waals surface area contributed by atoms with E-state index in [4.69, 9.17) is 5.73 Å². The fourth-order valence-corrected chi connectivity index (χ4v) is 0.992. The molecule has 0 saturated carbocycles. The van der Waals surface area contributed by atoms with Gasteiger partial charge in [0.2, 0.25) is 0 Å². The molecule has 0 aliphatic heterocycles. The largest absolute Gasteiger partial charge is 0.333 e. The minimum Gasteiger partial charge on any atom is -0.333 e. The summed E-state index contributed by atoms with van der Waals surface area (Å²) in [6.07, 6.45) is 3.52. The van der Waals surface area contributed by atoms with Gasteiger partial charge >= 0.3 is 0 Å². The van der Waals surface area contributed by atoms with E-state index in [0.29, 0.717) is 0 Å². The maximum absolute atomic E-state index is 5.36. The summed E-state index contributed by atoms with van der Waals surface area (Å²) in [4.78, 5) is 0. The van der Waals surface area contributed by atoms with Crippen molar-refractivity contribution in [2.24, 2.45) is 11.5 Å². The molecular formula is C10H28N4. The topological polar surface area (TPSA) is 76.1 Å². The molecule has 0 fully saturated rings. The highest BCUT2D eigenvalue weighted by Crippen LogP contribution is 1.76. The number of nitrogens with two attached hydrogens (primary N) is 2. The number of hydrogen-bond donors (Lipinski definition) is 4. The van der Waals surface area contributed by atoms with E-state index in [-0.39, 0.29) is 0 Å². The highest BCUT2D eigenvalue weighted by atomic mass is 14.9. The molecule has 0 bridgehead atoms. The normalized spacial score (nSPS) is 9.43. The van der Waals surface area contributed by atoms with Crippen molar-refractivity contribution < 1.29 is 0 Å². The van der Waals surface area contributed by atoms with Crippen LogP contribution in [0.2, 0.25) is 0 Å². The number of nitrogens with one attached hydrogen (secondary N) is 2. The first-order chi connectivity index (χ1) is 6.91. The summed E-state index contributed by atoms with van der Waals surface area (Å²) < 4.78 is 0. The second-order valence-corrected chi connectivity index (χ2v) is 3.00. The van der Waals surface area contributed by atoms with Gasteiger partial charge in [0, 0.05) is 0 Å². The highest BCUT2D eigenvalue weighted by molar-refractivity contribution is 4.51. The van der Waals surface area contributed by atoms with Crippen molar-refractivity contribution in [3.63, 3.8) is 0 Å². The van der Waals surface area contributed by atoms with E-state index >= 15 is 0 Å². The standard InChI is InChI=1S/C9H23N3.CH5N/c1-2-6-11-8-4-9-12-7-3-5-10;1-2/h11-12H,2-10H2,1H3;2H2,1H3. The van der Waals surface area contributed by atoms with Gasteiger partial charge in [0.15, 0.2) is 0 Å². The lowest BCUT2D eigenvalue weighted by atomic mass is 10.3. The Morgan fingerprint density at radius 3 is 1.86 bits per heavy atom. The van der Waals surface area contributed by atoms with Gasteiger partial charge in [-0.2, -0.15) is 0 Å². The molecule has 4 nitrogen and oxygen atoms in total. The average Bonchev–Trinajstić information content (AvgIpc) is 2.25. The molecule has 0 radical (unpaired) electrons. The summed E-state index contributed by atoms with van der Waals surface area (Å²) in [5.41, 5.74) is 9.86. The zero-order valence-corrected chi connectivity index (χ0v) is 9.81. The lowest BCUT2D eigenvalue weighted by molar-refractivity contribution is 0.584. The van der Waals surface area contributed by atoms with Gasteiger partial charge in [0.1, 0.15) is 0 Å². The van der Waals surface area contributed by atoms with Crippen molar-refractivity contribution in [2.45, 2.75) is 26.2 Å². The van der Waals surface area contributed by atoms with Gasteiger partial charge in [-0.1, -0.05) is 6.92 Å². The molecule has 0 heterocycles. The number of hydrogen-bond acceptors (Lipinski definition) is 4. The van der Waals surface area contributed by atoms with E-state index in [9.17, 15) is 0 Å². The summed E-state index contributed by atoms with van der Waals surface area (Å²) in [5.74, 6) is 0. The molecule has 0 aromatic carbocycles. The fraction of sp³-hybridized carbons (Fsp3) is 1.00. The van der Waals surface area contributed by atoms with Crippen molar-refractivity contribution in [3.05, 3.63) is 0 Å². The Labute approximate surface area is 88.8 Å². The molecule has 0 saturated heterocycles. The maximum atomic E-state index is 5.36. The third-order valence-corrected chi connectivity index (χ3v) is 1.69. The first kappa shape index (κ1) is 16.3. The van der Waals surface area contributed by atoms with Crippen LogP contribution >= 0.6 is 0 Å². The minimum atomic E-state index is 0.793.